The molecule has 0 saturated carbocycles. The van der Waals surface area contributed by atoms with Crippen LogP contribution in [-0.4, -0.2) is 10.2 Å². The van der Waals surface area contributed by atoms with Crippen molar-refractivity contribution in [2.45, 2.75) is 15.4 Å². The van der Waals surface area contributed by atoms with Crippen molar-refractivity contribution in [1.82, 2.24) is 10.2 Å². The van der Waals surface area contributed by atoms with Crippen molar-refractivity contribution in [3.05, 3.63) is 34.8 Å². The summed E-state index contributed by atoms with van der Waals surface area (Å²) in [5.41, 5.74) is 0.657. The lowest BCUT2D eigenvalue weighted by Gasteiger charge is -2.08. The molecule has 0 unspecified atom stereocenters. The summed E-state index contributed by atoms with van der Waals surface area (Å²) in [6, 6.07) is 4.81. The van der Waals surface area contributed by atoms with Crippen LogP contribution in [0.1, 0.15) is 11.1 Å². The molecule has 0 aliphatic carbocycles. The highest BCUT2D eigenvalue weighted by molar-refractivity contribution is 8.01. The minimum atomic E-state index is -4.45. The third-order valence-electron chi connectivity index (χ3n) is 1.96. The molecule has 3 nitrogen and oxygen atoms in total. The molecule has 0 atom stereocenters. The molecule has 0 fully saturated rings. The lowest BCUT2D eigenvalue weighted by molar-refractivity contribution is -0.137. The Morgan fingerprint density at radius 3 is 2.67 bits per heavy atom. The summed E-state index contributed by atoms with van der Waals surface area (Å²) in [6.45, 7) is 0. The van der Waals surface area contributed by atoms with Crippen LogP contribution in [0.25, 0.3) is 0 Å². The molecule has 0 aliphatic heterocycles. The number of benzene rings is 1. The monoisotopic (exact) mass is 287 g/mol. The van der Waals surface area contributed by atoms with Crippen molar-refractivity contribution >= 4 is 23.1 Å². The van der Waals surface area contributed by atoms with Crippen molar-refractivity contribution < 1.29 is 13.2 Å². The SMILES string of the molecule is N#Cc1cc(C(F)(F)F)ccc1Sc1nncs1. The summed E-state index contributed by atoms with van der Waals surface area (Å²) >= 11 is 2.38. The highest BCUT2D eigenvalue weighted by Gasteiger charge is 2.31. The summed E-state index contributed by atoms with van der Waals surface area (Å²) in [4.78, 5) is 0.433. The Morgan fingerprint density at radius 2 is 2.11 bits per heavy atom. The van der Waals surface area contributed by atoms with E-state index in [1.807, 2.05) is 0 Å². The molecule has 0 N–H and O–H groups in total. The number of hydrogen-bond acceptors (Lipinski definition) is 5. The van der Waals surface area contributed by atoms with E-state index in [1.165, 1.54) is 22.9 Å². The summed E-state index contributed by atoms with van der Waals surface area (Å²) in [6.07, 6.45) is -4.45. The first-order valence-corrected chi connectivity index (χ1v) is 6.25. The van der Waals surface area contributed by atoms with E-state index in [1.54, 1.807) is 6.07 Å². The fourth-order valence-corrected chi connectivity index (χ4v) is 2.68. The van der Waals surface area contributed by atoms with Crippen LogP contribution in [0.2, 0.25) is 0 Å². The van der Waals surface area contributed by atoms with Crippen LogP contribution in [0.15, 0.2) is 32.9 Å². The molecule has 2 rings (SSSR count). The fraction of sp³-hybridized carbons (Fsp3) is 0.100. The minimum absolute atomic E-state index is 0.0231. The normalized spacial score (nSPS) is 11.2. The van der Waals surface area contributed by atoms with Crippen molar-refractivity contribution in [1.29, 1.82) is 5.26 Å². The molecule has 1 heterocycles. The molecule has 0 amide bonds. The second-order valence-electron chi connectivity index (χ2n) is 3.13. The first-order valence-electron chi connectivity index (χ1n) is 4.56. The molecule has 0 saturated heterocycles. The maximum atomic E-state index is 12.5. The van der Waals surface area contributed by atoms with Gasteiger partial charge < -0.3 is 0 Å². The Morgan fingerprint density at radius 1 is 1.33 bits per heavy atom. The van der Waals surface area contributed by atoms with Gasteiger partial charge in [0.15, 0.2) is 4.34 Å². The number of rotatable bonds is 2. The van der Waals surface area contributed by atoms with Crippen molar-refractivity contribution in [2.75, 3.05) is 0 Å². The molecule has 0 spiro atoms. The van der Waals surface area contributed by atoms with Crippen LogP contribution >= 0.6 is 23.1 Å². The maximum Gasteiger partial charge on any atom is 0.416 e. The van der Waals surface area contributed by atoms with E-state index in [0.29, 0.717) is 9.24 Å². The van der Waals surface area contributed by atoms with E-state index in [4.69, 9.17) is 5.26 Å². The molecule has 92 valence electrons. The molecule has 0 aliphatic rings. The van der Waals surface area contributed by atoms with E-state index in [9.17, 15) is 13.2 Å². The van der Waals surface area contributed by atoms with Crippen LogP contribution in [0.5, 0.6) is 0 Å². The summed E-state index contributed by atoms with van der Waals surface area (Å²) in [5, 5.41) is 16.2. The Hall–Kier alpha value is -1.59. The fourth-order valence-electron chi connectivity index (χ4n) is 1.18. The van der Waals surface area contributed by atoms with Crippen LogP contribution in [0.4, 0.5) is 13.2 Å². The highest BCUT2D eigenvalue weighted by Crippen LogP contribution is 2.35. The van der Waals surface area contributed by atoms with Gasteiger partial charge in [-0.25, -0.2) is 0 Å². The Bertz CT molecular complexity index is 587. The molecule has 0 bridgehead atoms. The van der Waals surface area contributed by atoms with Crippen LogP contribution < -0.4 is 0 Å². The Kier molecular flexibility index (Phi) is 3.54. The van der Waals surface area contributed by atoms with Gasteiger partial charge in [-0.3, -0.25) is 0 Å². The molecular weight excluding hydrogens is 283 g/mol. The second-order valence-corrected chi connectivity index (χ2v) is 5.25. The smallest absolute Gasteiger partial charge is 0.192 e. The largest absolute Gasteiger partial charge is 0.416 e. The second kappa shape index (κ2) is 4.96. The first kappa shape index (κ1) is 12.9. The van der Waals surface area contributed by atoms with E-state index in [2.05, 4.69) is 10.2 Å². The lowest BCUT2D eigenvalue weighted by Crippen LogP contribution is -2.05. The third-order valence-corrected chi connectivity index (χ3v) is 3.82. The van der Waals surface area contributed by atoms with Gasteiger partial charge in [0.2, 0.25) is 0 Å². The average molecular weight is 287 g/mol. The molecule has 2 aromatic rings. The predicted octanol–water partition coefficient (Wildman–Crippen LogP) is 3.58. The van der Waals surface area contributed by atoms with Crippen molar-refractivity contribution in [2.24, 2.45) is 0 Å². The van der Waals surface area contributed by atoms with Gasteiger partial charge >= 0.3 is 6.18 Å². The van der Waals surface area contributed by atoms with Gasteiger partial charge in [0, 0.05) is 4.90 Å². The quantitative estimate of drug-likeness (QED) is 0.847. The van der Waals surface area contributed by atoms with Gasteiger partial charge in [-0.15, -0.1) is 10.2 Å². The summed E-state index contributed by atoms with van der Waals surface area (Å²) in [7, 11) is 0. The average Bonchev–Trinajstić information content (AvgIpc) is 2.81. The van der Waals surface area contributed by atoms with Crippen LogP contribution in [-0.2, 0) is 6.18 Å². The minimum Gasteiger partial charge on any atom is -0.192 e. The van der Waals surface area contributed by atoms with Gasteiger partial charge in [0.25, 0.3) is 0 Å². The molecule has 18 heavy (non-hydrogen) atoms. The molecule has 1 aromatic heterocycles. The Labute approximate surface area is 108 Å². The van der Waals surface area contributed by atoms with Crippen LogP contribution in [0, 0.1) is 11.3 Å². The third kappa shape index (κ3) is 2.80. The highest BCUT2D eigenvalue weighted by atomic mass is 32.2. The topological polar surface area (TPSA) is 49.6 Å². The lowest BCUT2D eigenvalue weighted by atomic mass is 10.1. The van der Waals surface area contributed by atoms with Gasteiger partial charge in [0.1, 0.15) is 11.6 Å². The zero-order valence-electron chi connectivity index (χ0n) is 8.60. The first-order chi connectivity index (χ1) is 8.50. The van der Waals surface area contributed by atoms with Crippen LogP contribution in [0.3, 0.4) is 0 Å². The zero-order chi connectivity index (χ0) is 13.2. The number of nitriles is 1. The molecule has 8 heteroatoms. The van der Waals surface area contributed by atoms with E-state index in [0.717, 1.165) is 23.9 Å². The standard InChI is InChI=1S/C10H4F3N3S2/c11-10(12,13)7-1-2-8(6(3-7)4-14)18-9-16-15-5-17-9/h1-3,5H. The van der Waals surface area contributed by atoms with Gasteiger partial charge in [0.05, 0.1) is 11.1 Å². The number of aromatic nitrogens is 2. The number of nitrogens with zero attached hydrogens (tertiary/aromatic N) is 3. The molecular formula is C10H4F3N3S2. The van der Waals surface area contributed by atoms with Gasteiger partial charge in [-0.05, 0) is 18.2 Å². The summed E-state index contributed by atoms with van der Waals surface area (Å²) < 4.78 is 38.0. The van der Waals surface area contributed by atoms with E-state index in [-0.39, 0.29) is 5.56 Å². The Balaban J connectivity index is 2.36. The summed E-state index contributed by atoms with van der Waals surface area (Å²) in [5.74, 6) is 0. The van der Waals surface area contributed by atoms with Crippen molar-refractivity contribution in [3.8, 4) is 6.07 Å². The zero-order valence-corrected chi connectivity index (χ0v) is 10.2. The van der Waals surface area contributed by atoms with E-state index < -0.39 is 11.7 Å². The molecule has 0 radical (unpaired) electrons. The van der Waals surface area contributed by atoms with Gasteiger partial charge in [-0.2, -0.15) is 18.4 Å². The number of halogens is 3. The molecule has 1 aromatic carbocycles. The number of hydrogen-bond donors (Lipinski definition) is 0. The van der Waals surface area contributed by atoms with Gasteiger partial charge in [-0.1, -0.05) is 23.1 Å². The predicted molar refractivity (Wildman–Crippen MR) is 60.2 cm³/mol. The van der Waals surface area contributed by atoms with Crippen molar-refractivity contribution in [3.63, 3.8) is 0 Å². The van der Waals surface area contributed by atoms with E-state index >= 15 is 0 Å². The maximum absolute atomic E-state index is 12.5. The number of alkyl halides is 3.